The molecule has 4 heteroatoms. The number of nitrogen functional groups attached to an aromatic ring is 1. The second-order valence-corrected chi connectivity index (χ2v) is 4.07. The topological polar surface area (TPSA) is 56.7 Å². The smallest absolute Gasteiger partial charge is 0.0755 e. The monoisotopic (exact) mass is 224 g/mol. The van der Waals surface area contributed by atoms with Gasteiger partial charge in [-0.3, -0.25) is 4.98 Å². The van der Waals surface area contributed by atoms with Gasteiger partial charge in [0.2, 0.25) is 0 Å². The largest absolute Gasteiger partial charge is 0.399 e. The molecule has 17 heavy (non-hydrogen) atoms. The number of benzene rings is 1. The average Bonchev–Trinajstić information content (AvgIpc) is 2.74. The van der Waals surface area contributed by atoms with Gasteiger partial charge in [-0.25, -0.2) is 4.68 Å². The van der Waals surface area contributed by atoms with Gasteiger partial charge < -0.3 is 5.73 Å². The molecule has 0 saturated carbocycles. The molecule has 3 aromatic rings. The van der Waals surface area contributed by atoms with Crippen molar-refractivity contribution < 1.29 is 0 Å². The Balaban J connectivity index is 2.30. The number of rotatable bonds is 1. The summed E-state index contributed by atoms with van der Waals surface area (Å²) in [6.45, 7) is 2.02. The lowest BCUT2D eigenvalue weighted by atomic mass is 10.1. The fourth-order valence-electron chi connectivity index (χ4n) is 1.89. The lowest BCUT2D eigenvalue weighted by molar-refractivity contribution is 0.886. The van der Waals surface area contributed by atoms with Crippen molar-refractivity contribution >= 4 is 16.6 Å². The van der Waals surface area contributed by atoms with Crippen LogP contribution < -0.4 is 5.73 Å². The summed E-state index contributed by atoms with van der Waals surface area (Å²) >= 11 is 0. The van der Waals surface area contributed by atoms with Crippen molar-refractivity contribution in [2.24, 2.45) is 0 Å². The standard InChI is InChI=1S/C13H12N4/c1-9-7-16-17(8-9)13-4-5-15-12-6-10(14)2-3-11(12)13/h2-8H,14H2,1H3. The maximum absolute atomic E-state index is 5.75. The Bertz CT molecular complexity index is 685. The van der Waals surface area contributed by atoms with Crippen molar-refractivity contribution in [1.82, 2.24) is 14.8 Å². The van der Waals surface area contributed by atoms with E-state index >= 15 is 0 Å². The van der Waals surface area contributed by atoms with E-state index in [2.05, 4.69) is 10.1 Å². The number of hydrogen-bond acceptors (Lipinski definition) is 3. The van der Waals surface area contributed by atoms with Crippen LogP contribution in [0.15, 0.2) is 42.9 Å². The summed E-state index contributed by atoms with van der Waals surface area (Å²) < 4.78 is 1.86. The minimum absolute atomic E-state index is 0.721. The SMILES string of the molecule is Cc1cnn(-c2ccnc3cc(N)ccc23)c1. The highest BCUT2D eigenvalue weighted by atomic mass is 15.3. The van der Waals surface area contributed by atoms with Gasteiger partial charge in [0, 0.05) is 23.5 Å². The van der Waals surface area contributed by atoms with E-state index in [1.807, 2.05) is 48.3 Å². The Morgan fingerprint density at radius 1 is 1.24 bits per heavy atom. The number of pyridine rings is 1. The number of fused-ring (bicyclic) bond motifs is 1. The summed E-state index contributed by atoms with van der Waals surface area (Å²) in [6, 6.07) is 7.67. The zero-order chi connectivity index (χ0) is 11.8. The molecule has 0 aliphatic heterocycles. The van der Waals surface area contributed by atoms with Gasteiger partial charge in [0.1, 0.15) is 0 Å². The van der Waals surface area contributed by atoms with Gasteiger partial charge >= 0.3 is 0 Å². The lowest BCUT2D eigenvalue weighted by Crippen LogP contribution is -1.97. The van der Waals surface area contributed by atoms with Gasteiger partial charge in [0.25, 0.3) is 0 Å². The maximum atomic E-state index is 5.75. The maximum Gasteiger partial charge on any atom is 0.0755 e. The summed E-state index contributed by atoms with van der Waals surface area (Å²) in [4.78, 5) is 4.31. The van der Waals surface area contributed by atoms with Crippen LogP contribution in [-0.2, 0) is 0 Å². The number of aromatic nitrogens is 3. The Hall–Kier alpha value is -2.36. The predicted octanol–water partition coefficient (Wildman–Crippen LogP) is 2.31. The molecule has 0 unspecified atom stereocenters. The predicted molar refractivity (Wildman–Crippen MR) is 68.0 cm³/mol. The van der Waals surface area contributed by atoms with E-state index < -0.39 is 0 Å². The van der Waals surface area contributed by atoms with Crippen molar-refractivity contribution in [3.8, 4) is 5.69 Å². The van der Waals surface area contributed by atoms with Gasteiger partial charge in [0.15, 0.2) is 0 Å². The van der Waals surface area contributed by atoms with E-state index in [0.717, 1.165) is 27.8 Å². The average molecular weight is 224 g/mol. The van der Waals surface area contributed by atoms with Crippen molar-refractivity contribution in [2.45, 2.75) is 6.92 Å². The molecular formula is C13H12N4. The zero-order valence-corrected chi connectivity index (χ0v) is 9.46. The van der Waals surface area contributed by atoms with E-state index in [4.69, 9.17) is 5.73 Å². The molecule has 3 rings (SSSR count). The van der Waals surface area contributed by atoms with Gasteiger partial charge in [0.05, 0.1) is 17.4 Å². The summed E-state index contributed by atoms with van der Waals surface area (Å²) in [6.07, 6.45) is 5.60. The van der Waals surface area contributed by atoms with Crippen molar-refractivity contribution in [1.29, 1.82) is 0 Å². The first-order valence-corrected chi connectivity index (χ1v) is 5.40. The molecule has 0 atom stereocenters. The second-order valence-electron chi connectivity index (χ2n) is 4.07. The molecule has 0 amide bonds. The first-order valence-electron chi connectivity index (χ1n) is 5.40. The number of anilines is 1. The third kappa shape index (κ3) is 1.63. The first-order chi connectivity index (χ1) is 8.24. The van der Waals surface area contributed by atoms with Gasteiger partial charge in [-0.05, 0) is 36.8 Å². The van der Waals surface area contributed by atoms with Crippen LogP contribution in [0.3, 0.4) is 0 Å². The molecule has 0 saturated heterocycles. The van der Waals surface area contributed by atoms with E-state index in [-0.39, 0.29) is 0 Å². The number of nitrogens with two attached hydrogens (primary N) is 1. The molecule has 0 spiro atoms. The third-order valence-corrected chi connectivity index (χ3v) is 2.70. The Morgan fingerprint density at radius 3 is 2.88 bits per heavy atom. The zero-order valence-electron chi connectivity index (χ0n) is 9.46. The minimum Gasteiger partial charge on any atom is -0.399 e. The second kappa shape index (κ2) is 3.59. The van der Waals surface area contributed by atoms with Crippen LogP contribution in [0.25, 0.3) is 16.6 Å². The normalized spacial score (nSPS) is 10.9. The van der Waals surface area contributed by atoms with E-state index in [1.165, 1.54) is 0 Å². The molecular weight excluding hydrogens is 212 g/mol. The van der Waals surface area contributed by atoms with E-state index in [1.54, 1.807) is 6.20 Å². The number of hydrogen-bond donors (Lipinski definition) is 1. The molecule has 2 aromatic heterocycles. The number of aryl methyl sites for hydroxylation is 1. The van der Waals surface area contributed by atoms with Gasteiger partial charge in [-0.15, -0.1) is 0 Å². The fourth-order valence-corrected chi connectivity index (χ4v) is 1.89. The van der Waals surface area contributed by atoms with Crippen LogP contribution in [0.4, 0.5) is 5.69 Å². The summed E-state index contributed by atoms with van der Waals surface area (Å²) in [5.41, 5.74) is 9.51. The Labute approximate surface area is 98.7 Å². The molecule has 4 nitrogen and oxygen atoms in total. The molecule has 2 heterocycles. The Morgan fingerprint density at radius 2 is 2.12 bits per heavy atom. The highest BCUT2D eigenvalue weighted by Gasteiger charge is 2.05. The lowest BCUT2D eigenvalue weighted by Gasteiger charge is -2.06. The number of nitrogens with zero attached hydrogens (tertiary/aromatic N) is 3. The van der Waals surface area contributed by atoms with Crippen molar-refractivity contribution in [2.75, 3.05) is 5.73 Å². The van der Waals surface area contributed by atoms with Crippen LogP contribution in [0.5, 0.6) is 0 Å². The minimum atomic E-state index is 0.721. The van der Waals surface area contributed by atoms with Crippen LogP contribution in [-0.4, -0.2) is 14.8 Å². The Kier molecular flexibility index (Phi) is 2.08. The highest BCUT2D eigenvalue weighted by Crippen LogP contribution is 2.22. The quantitative estimate of drug-likeness (QED) is 0.645. The van der Waals surface area contributed by atoms with Crippen LogP contribution in [0.2, 0.25) is 0 Å². The molecule has 0 bridgehead atoms. The highest BCUT2D eigenvalue weighted by molar-refractivity contribution is 5.88. The summed E-state index contributed by atoms with van der Waals surface area (Å²) in [5.74, 6) is 0. The van der Waals surface area contributed by atoms with Crippen molar-refractivity contribution in [3.63, 3.8) is 0 Å². The van der Waals surface area contributed by atoms with Crippen molar-refractivity contribution in [3.05, 3.63) is 48.4 Å². The first kappa shape index (κ1) is 9.84. The van der Waals surface area contributed by atoms with E-state index in [0.29, 0.717) is 0 Å². The van der Waals surface area contributed by atoms with Gasteiger partial charge in [-0.1, -0.05) is 0 Å². The molecule has 84 valence electrons. The fraction of sp³-hybridized carbons (Fsp3) is 0.0769. The summed E-state index contributed by atoms with van der Waals surface area (Å²) in [7, 11) is 0. The van der Waals surface area contributed by atoms with Crippen LogP contribution in [0.1, 0.15) is 5.56 Å². The summed E-state index contributed by atoms with van der Waals surface area (Å²) in [5, 5.41) is 5.36. The van der Waals surface area contributed by atoms with Gasteiger partial charge in [-0.2, -0.15) is 5.10 Å². The molecule has 0 aliphatic rings. The van der Waals surface area contributed by atoms with Crippen LogP contribution >= 0.6 is 0 Å². The van der Waals surface area contributed by atoms with E-state index in [9.17, 15) is 0 Å². The van der Waals surface area contributed by atoms with Crippen LogP contribution in [0, 0.1) is 6.92 Å². The molecule has 0 aliphatic carbocycles. The molecule has 2 N–H and O–H groups in total. The molecule has 0 fully saturated rings. The third-order valence-electron chi connectivity index (χ3n) is 2.70. The molecule has 1 aromatic carbocycles. The molecule has 0 radical (unpaired) electrons.